The van der Waals surface area contributed by atoms with Crippen LogP contribution in [-0.4, -0.2) is 36.6 Å². The molecular weight excluding hydrogens is 232 g/mol. The van der Waals surface area contributed by atoms with Gasteiger partial charge >= 0.3 is 0 Å². The number of nitrogens with two attached hydrogens (primary N) is 1. The molecule has 0 aliphatic heterocycles. The van der Waals surface area contributed by atoms with Crippen LogP contribution in [0.4, 0.5) is 0 Å². The molecule has 1 atom stereocenters. The summed E-state index contributed by atoms with van der Waals surface area (Å²) in [7, 11) is 4.09. The van der Waals surface area contributed by atoms with Crippen LogP contribution >= 0.6 is 11.3 Å². The summed E-state index contributed by atoms with van der Waals surface area (Å²) in [5.74, 6) is 5.56. The molecule has 0 radical (unpaired) electrons. The zero-order valence-corrected chi connectivity index (χ0v) is 11.0. The number of hydrogen-bond acceptors (Lipinski definition) is 5. The zero-order valence-electron chi connectivity index (χ0n) is 10.2. The molecule has 1 heterocycles. The SMILES string of the molecule is CN(C)CC(Cc1nc2ccccc2s1)NN. The Balaban J connectivity index is 2.11. The van der Waals surface area contributed by atoms with Crippen LogP contribution in [0.2, 0.25) is 0 Å². The molecule has 1 aromatic heterocycles. The van der Waals surface area contributed by atoms with Crippen molar-refractivity contribution < 1.29 is 0 Å². The molecule has 2 aromatic rings. The highest BCUT2D eigenvalue weighted by Crippen LogP contribution is 2.22. The Morgan fingerprint density at radius 1 is 1.41 bits per heavy atom. The number of hydrogen-bond donors (Lipinski definition) is 2. The maximum atomic E-state index is 5.56. The Hall–Kier alpha value is -1.01. The summed E-state index contributed by atoms with van der Waals surface area (Å²) in [6, 6.07) is 8.46. The quantitative estimate of drug-likeness (QED) is 0.619. The lowest BCUT2D eigenvalue weighted by Crippen LogP contribution is -2.43. The topological polar surface area (TPSA) is 54.2 Å². The second-order valence-corrected chi connectivity index (χ2v) is 5.52. The number of benzene rings is 1. The molecule has 3 N–H and O–H groups in total. The van der Waals surface area contributed by atoms with Gasteiger partial charge in [0.2, 0.25) is 0 Å². The Morgan fingerprint density at radius 3 is 2.82 bits per heavy atom. The van der Waals surface area contributed by atoms with Crippen LogP contribution < -0.4 is 11.3 Å². The van der Waals surface area contributed by atoms with Crippen LogP contribution in [0.1, 0.15) is 5.01 Å². The Labute approximate surface area is 105 Å². The molecule has 0 fully saturated rings. The second-order valence-electron chi connectivity index (χ2n) is 4.41. The average Bonchev–Trinajstić information content (AvgIpc) is 2.69. The normalized spacial score (nSPS) is 13.4. The highest BCUT2D eigenvalue weighted by atomic mass is 32.1. The van der Waals surface area contributed by atoms with Crippen molar-refractivity contribution in [3.63, 3.8) is 0 Å². The Kier molecular flexibility index (Phi) is 4.06. The first-order valence-corrected chi connectivity index (χ1v) is 6.46. The van der Waals surface area contributed by atoms with E-state index in [2.05, 4.69) is 21.4 Å². The molecule has 0 aliphatic carbocycles. The van der Waals surface area contributed by atoms with E-state index in [1.54, 1.807) is 11.3 Å². The molecule has 0 bridgehead atoms. The van der Waals surface area contributed by atoms with Crippen LogP contribution in [0.5, 0.6) is 0 Å². The first kappa shape index (κ1) is 12.4. The molecule has 0 spiro atoms. The minimum absolute atomic E-state index is 0.241. The van der Waals surface area contributed by atoms with Gasteiger partial charge in [0.25, 0.3) is 0 Å². The number of likely N-dealkylation sites (N-methyl/N-ethyl adjacent to an activating group) is 1. The van der Waals surface area contributed by atoms with Crippen molar-refractivity contribution in [1.82, 2.24) is 15.3 Å². The van der Waals surface area contributed by atoms with Crippen LogP contribution in [-0.2, 0) is 6.42 Å². The van der Waals surface area contributed by atoms with E-state index in [9.17, 15) is 0 Å². The molecule has 0 aliphatic rings. The van der Waals surface area contributed by atoms with Gasteiger partial charge in [0.15, 0.2) is 0 Å². The smallest absolute Gasteiger partial charge is 0.0955 e. The van der Waals surface area contributed by atoms with Gasteiger partial charge in [0, 0.05) is 19.0 Å². The molecule has 1 unspecified atom stereocenters. The van der Waals surface area contributed by atoms with Crippen molar-refractivity contribution >= 4 is 21.6 Å². The highest BCUT2D eigenvalue weighted by molar-refractivity contribution is 7.18. The van der Waals surface area contributed by atoms with Crippen molar-refractivity contribution in [2.75, 3.05) is 20.6 Å². The standard InChI is InChI=1S/C12H18N4S/c1-16(2)8-9(15-13)7-12-14-10-5-3-4-6-11(10)17-12/h3-6,9,15H,7-8,13H2,1-2H3. The third kappa shape index (κ3) is 3.23. The lowest BCUT2D eigenvalue weighted by atomic mass is 10.2. The van der Waals surface area contributed by atoms with E-state index in [0.717, 1.165) is 23.5 Å². The van der Waals surface area contributed by atoms with Gasteiger partial charge in [-0.1, -0.05) is 12.1 Å². The summed E-state index contributed by atoms with van der Waals surface area (Å²) in [4.78, 5) is 6.74. The summed E-state index contributed by atoms with van der Waals surface area (Å²) < 4.78 is 1.24. The Morgan fingerprint density at radius 2 is 2.18 bits per heavy atom. The molecule has 0 amide bonds. The van der Waals surface area contributed by atoms with Gasteiger partial charge in [-0.05, 0) is 26.2 Å². The van der Waals surface area contributed by atoms with Gasteiger partial charge in [-0.2, -0.15) is 0 Å². The summed E-state index contributed by atoms with van der Waals surface area (Å²) in [6.07, 6.45) is 0.869. The second kappa shape index (κ2) is 5.55. The van der Waals surface area contributed by atoms with Crippen LogP contribution in [0.3, 0.4) is 0 Å². The molecule has 5 heteroatoms. The van der Waals surface area contributed by atoms with E-state index in [0.29, 0.717) is 0 Å². The third-order valence-corrected chi connectivity index (χ3v) is 3.64. The van der Waals surface area contributed by atoms with E-state index in [4.69, 9.17) is 5.84 Å². The van der Waals surface area contributed by atoms with E-state index >= 15 is 0 Å². The van der Waals surface area contributed by atoms with Crippen molar-refractivity contribution in [2.45, 2.75) is 12.5 Å². The third-order valence-electron chi connectivity index (χ3n) is 2.58. The summed E-state index contributed by atoms with van der Waals surface area (Å²) in [6.45, 7) is 0.909. The van der Waals surface area contributed by atoms with Gasteiger partial charge in [0.1, 0.15) is 0 Å². The lowest BCUT2D eigenvalue weighted by Gasteiger charge is -2.18. The first-order valence-electron chi connectivity index (χ1n) is 5.64. The number of para-hydroxylation sites is 1. The van der Waals surface area contributed by atoms with Crippen molar-refractivity contribution in [3.05, 3.63) is 29.3 Å². The highest BCUT2D eigenvalue weighted by Gasteiger charge is 2.12. The minimum atomic E-state index is 0.241. The maximum absolute atomic E-state index is 5.56. The van der Waals surface area contributed by atoms with Crippen molar-refractivity contribution in [1.29, 1.82) is 0 Å². The van der Waals surface area contributed by atoms with Gasteiger partial charge in [0.05, 0.1) is 15.2 Å². The predicted octanol–water partition coefficient (Wildman–Crippen LogP) is 1.23. The number of nitrogens with zero attached hydrogens (tertiary/aromatic N) is 2. The number of rotatable bonds is 5. The molecule has 17 heavy (non-hydrogen) atoms. The van der Waals surface area contributed by atoms with Crippen LogP contribution in [0, 0.1) is 0 Å². The van der Waals surface area contributed by atoms with Crippen LogP contribution in [0.25, 0.3) is 10.2 Å². The molecule has 1 aromatic carbocycles. The fraction of sp³-hybridized carbons (Fsp3) is 0.417. The number of hydrazine groups is 1. The van der Waals surface area contributed by atoms with Crippen molar-refractivity contribution in [2.24, 2.45) is 5.84 Å². The van der Waals surface area contributed by atoms with Gasteiger partial charge in [-0.15, -0.1) is 11.3 Å². The largest absolute Gasteiger partial charge is 0.308 e. The maximum Gasteiger partial charge on any atom is 0.0955 e. The molecule has 92 valence electrons. The number of nitrogens with one attached hydrogen (secondary N) is 1. The number of aromatic nitrogens is 1. The summed E-state index contributed by atoms with van der Waals surface area (Å²) in [5.41, 5.74) is 3.93. The fourth-order valence-corrected chi connectivity index (χ4v) is 2.88. The van der Waals surface area contributed by atoms with E-state index in [1.165, 1.54) is 4.70 Å². The Bertz CT molecular complexity index is 447. The number of fused-ring (bicyclic) bond motifs is 1. The van der Waals surface area contributed by atoms with E-state index < -0.39 is 0 Å². The van der Waals surface area contributed by atoms with Gasteiger partial charge < -0.3 is 4.90 Å². The van der Waals surface area contributed by atoms with Gasteiger partial charge in [-0.25, -0.2) is 4.98 Å². The zero-order chi connectivity index (χ0) is 12.3. The van der Waals surface area contributed by atoms with E-state index in [-0.39, 0.29) is 6.04 Å². The monoisotopic (exact) mass is 250 g/mol. The molecule has 0 saturated heterocycles. The van der Waals surface area contributed by atoms with Crippen LogP contribution in [0.15, 0.2) is 24.3 Å². The van der Waals surface area contributed by atoms with Gasteiger partial charge in [-0.3, -0.25) is 11.3 Å². The van der Waals surface area contributed by atoms with E-state index in [1.807, 2.05) is 32.3 Å². The number of thiazole rings is 1. The first-order chi connectivity index (χ1) is 8.19. The molecule has 4 nitrogen and oxygen atoms in total. The molecule has 0 saturated carbocycles. The van der Waals surface area contributed by atoms with Crippen molar-refractivity contribution in [3.8, 4) is 0 Å². The molecular formula is C12H18N4S. The predicted molar refractivity (Wildman–Crippen MR) is 73.0 cm³/mol. The average molecular weight is 250 g/mol. The summed E-state index contributed by atoms with van der Waals surface area (Å²) in [5, 5.41) is 1.14. The summed E-state index contributed by atoms with van der Waals surface area (Å²) >= 11 is 1.74. The minimum Gasteiger partial charge on any atom is -0.308 e. The molecule has 2 rings (SSSR count). The fourth-order valence-electron chi connectivity index (χ4n) is 1.83. The lowest BCUT2D eigenvalue weighted by molar-refractivity contribution is 0.338.